The number of nitrogens with zero attached hydrogens (tertiary/aromatic N) is 2. The predicted octanol–water partition coefficient (Wildman–Crippen LogP) is 3.73. The lowest BCUT2D eigenvalue weighted by Crippen LogP contribution is -2.18. The summed E-state index contributed by atoms with van der Waals surface area (Å²) in [5.41, 5.74) is 1.13. The maximum Gasteiger partial charge on any atom is 0.0625 e. The molecule has 1 aromatic rings. The molecule has 1 N–H and O–H groups in total. The fourth-order valence-corrected chi connectivity index (χ4v) is 3.25. The highest BCUT2D eigenvalue weighted by molar-refractivity contribution is 5.00. The van der Waals surface area contributed by atoms with Crippen LogP contribution in [-0.2, 0) is 6.42 Å². The summed E-state index contributed by atoms with van der Waals surface area (Å²) in [6.45, 7) is 4.42. The zero-order valence-electron chi connectivity index (χ0n) is 12.4. The van der Waals surface area contributed by atoms with E-state index in [1.54, 1.807) is 0 Å². The van der Waals surface area contributed by atoms with Gasteiger partial charge in [-0.2, -0.15) is 5.10 Å². The summed E-state index contributed by atoms with van der Waals surface area (Å²) in [7, 11) is 0. The summed E-state index contributed by atoms with van der Waals surface area (Å²) in [6.07, 6.45) is 11.0. The molecule has 0 aliphatic heterocycles. The number of aliphatic hydroxyl groups excluding tert-OH is 1. The third-order valence-corrected chi connectivity index (χ3v) is 4.62. The van der Waals surface area contributed by atoms with Gasteiger partial charge < -0.3 is 5.11 Å². The molecule has 1 heterocycles. The fourth-order valence-electron chi connectivity index (χ4n) is 3.25. The zero-order chi connectivity index (χ0) is 13.7. The topological polar surface area (TPSA) is 38.0 Å². The number of aromatic nitrogens is 2. The van der Waals surface area contributed by atoms with E-state index in [1.807, 2.05) is 0 Å². The quantitative estimate of drug-likeness (QED) is 0.815. The van der Waals surface area contributed by atoms with Crippen molar-refractivity contribution in [1.29, 1.82) is 0 Å². The molecule has 0 spiro atoms. The molecule has 3 nitrogen and oxygen atoms in total. The number of aryl methyl sites for hydroxylation is 1. The molecule has 1 aromatic heterocycles. The van der Waals surface area contributed by atoms with Crippen LogP contribution in [0.5, 0.6) is 0 Å². The molecule has 1 aliphatic carbocycles. The molecule has 1 atom stereocenters. The van der Waals surface area contributed by atoms with E-state index in [9.17, 15) is 5.11 Å². The van der Waals surface area contributed by atoms with E-state index in [0.717, 1.165) is 31.4 Å². The minimum Gasteiger partial charge on any atom is -0.393 e. The fraction of sp³-hybridized carbons (Fsp3) is 0.812. The summed E-state index contributed by atoms with van der Waals surface area (Å²) in [5, 5.41) is 14.8. The Bertz CT molecular complexity index is 365. The van der Waals surface area contributed by atoms with Gasteiger partial charge in [0.25, 0.3) is 0 Å². The normalized spacial score (nSPS) is 18.3. The summed E-state index contributed by atoms with van der Waals surface area (Å²) in [4.78, 5) is 0. The smallest absolute Gasteiger partial charge is 0.0625 e. The monoisotopic (exact) mass is 264 g/mol. The van der Waals surface area contributed by atoms with Gasteiger partial charge in [-0.15, -0.1) is 0 Å². The van der Waals surface area contributed by atoms with Crippen LogP contribution in [0.4, 0.5) is 0 Å². The van der Waals surface area contributed by atoms with Crippen molar-refractivity contribution in [2.24, 2.45) is 5.92 Å². The van der Waals surface area contributed by atoms with Crippen molar-refractivity contribution < 1.29 is 5.11 Å². The van der Waals surface area contributed by atoms with Gasteiger partial charge in [0.15, 0.2) is 0 Å². The van der Waals surface area contributed by atoms with Crippen molar-refractivity contribution in [2.45, 2.75) is 77.4 Å². The van der Waals surface area contributed by atoms with Gasteiger partial charge in [-0.1, -0.05) is 26.7 Å². The van der Waals surface area contributed by atoms with Crippen LogP contribution in [-0.4, -0.2) is 21.0 Å². The second-order valence-corrected chi connectivity index (χ2v) is 5.91. The number of hydrogen-bond donors (Lipinski definition) is 1. The van der Waals surface area contributed by atoms with Crippen molar-refractivity contribution in [1.82, 2.24) is 9.78 Å². The van der Waals surface area contributed by atoms with Gasteiger partial charge in [-0.25, -0.2) is 0 Å². The minimum absolute atomic E-state index is 0.124. The van der Waals surface area contributed by atoms with Crippen LogP contribution < -0.4 is 0 Å². The Morgan fingerprint density at radius 3 is 2.63 bits per heavy atom. The molecule has 19 heavy (non-hydrogen) atoms. The Labute approximate surface area is 117 Å². The van der Waals surface area contributed by atoms with Crippen molar-refractivity contribution in [3.63, 3.8) is 0 Å². The Balaban J connectivity index is 1.82. The average molecular weight is 264 g/mol. The van der Waals surface area contributed by atoms with E-state index in [1.165, 1.54) is 25.7 Å². The first-order valence-corrected chi connectivity index (χ1v) is 7.96. The van der Waals surface area contributed by atoms with Crippen LogP contribution in [0.2, 0.25) is 0 Å². The molecule has 1 aliphatic rings. The van der Waals surface area contributed by atoms with Crippen molar-refractivity contribution in [2.75, 3.05) is 0 Å². The highest BCUT2D eigenvalue weighted by Crippen LogP contribution is 2.29. The second-order valence-electron chi connectivity index (χ2n) is 5.91. The Kier molecular flexibility index (Phi) is 5.44. The summed E-state index contributed by atoms with van der Waals surface area (Å²) < 4.78 is 2.09. The molecule has 1 unspecified atom stereocenters. The number of hydrogen-bond acceptors (Lipinski definition) is 2. The van der Waals surface area contributed by atoms with Gasteiger partial charge in [0, 0.05) is 6.20 Å². The predicted molar refractivity (Wildman–Crippen MR) is 78.1 cm³/mol. The van der Waals surface area contributed by atoms with Crippen LogP contribution >= 0.6 is 0 Å². The third-order valence-electron chi connectivity index (χ3n) is 4.62. The number of rotatable bonds is 7. The average Bonchev–Trinajstić information content (AvgIpc) is 3.09. The highest BCUT2D eigenvalue weighted by Gasteiger charge is 2.23. The number of aliphatic hydroxyl groups is 1. The van der Waals surface area contributed by atoms with Gasteiger partial charge in [-0.3, -0.25) is 4.68 Å². The second kappa shape index (κ2) is 7.09. The first-order chi connectivity index (χ1) is 9.24. The van der Waals surface area contributed by atoms with Crippen LogP contribution in [0.15, 0.2) is 12.3 Å². The van der Waals surface area contributed by atoms with E-state index in [0.29, 0.717) is 12.0 Å². The van der Waals surface area contributed by atoms with Gasteiger partial charge in [0.1, 0.15) is 0 Å². The van der Waals surface area contributed by atoms with E-state index in [4.69, 9.17) is 0 Å². The van der Waals surface area contributed by atoms with E-state index < -0.39 is 0 Å². The van der Waals surface area contributed by atoms with E-state index >= 15 is 0 Å². The van der Waals surface area contributed by atoms with Crippen LogP contribution in [0.3, 0.4) is 0 Å². The SMILES string of the molecule is CCC(CC)n1ccc(CCC(O)C2CCCC2)n1. The first kappa shape index (κ1) is 14.6. The lowest BCUT2D eigenvalue weighted by atomic mass is 9.96. The van der Waals surface area contributed by atoms with Crippen LogP contribution in [0.25, 0.3) is 0 Å². The molecular formula is C16H28N2O. The maximum absolute atomic E-state index is 10.2. The van der Waals surface area contributed by atoms with Gasteiger partial charge >= 0.3 is 0 Å². The molecule has 1 fully saturated rings. The van der Waals surface area contributed by atoms with Crippen molar-refractivity contribution in [3.05, 3.63) is 18.0 Å². The molecule has 0 aromatic carbocycles. The van der Waals surface area contributed by atoms with E-state index in [2.05, 4.69) is 35.9 Å². The van der Waals surface area contributed by atoms with Crippen LogP contribution in [0.1, 0.15) is 70.5 Å². The Hall–Kier alpha value is -0.830. The van der Waals surface area contributed by atoms with E-state index in [-0.39, 0.29) is 6.10 Å². The molecule has 108 valence electrons. The van der Waals surface area contributed by atoms with Gasteiger partial charge in [-0.05, 0) is 50.5 Å². The minimum atomic E-state index is -0.124. The zero-order valence-corrected chi connectivity index (χ0v) is 12.4. The molecular weight excluding hydrogens is 236 g/mol. The standard InChI is InChI=1S/C16H28N2O/c1-3-15(4-2)18-12-11-14(17-18)9-10-16(19)13-7-5-6-8-13/h11-13,15-16,19H,3-10H2,1-2H3. The largest absolute Gasteiger partial charge is 0.393 e. The lowest BCUT2D eigenvalue weighted by Gasteiger charge is -2.16. The van der Waals surface area contributed by atoms with Crippen LogP contribution in [0, 0.1) is 5.92 Å². The lowest BCUT2D eigenvalue weighted by molar-refractivity contribution is 0.102. The van der Waals surface area contributed by atoms with Crippen molar-refractivity contribution >= 4 is 0 Å². The summed E-state index contributed by atoms with van der Waals surface area (Å²) in [6, 6.07) is 2.63. The molecule has 2 rings (SSSR count). The third kappa shape index (κ3) is 3.82. The molecule has 3 heteroatoms. The molecule has 0 radical (unpaired) electrons. The first-order valence-electron chi connectivity index (χ1n) is 7.96. The Morgan fingerprint density at radius 2 is 2.00 bits per heavy atom. The van der Waals surface area contributed by atoms with Gasteiger partial charge in [0.05, 0.1) is 17.8 Å². The molecule has 0 bridgehead atoms. The highest BCUT2D eigenvalue weighted by atomic mass is 16.3. The Morgan fingerprint density at radius 1 is 1.32 bits per heavy atom. The van der Waals surface area contributed by atoms with Gasteiger partial charge in [0.2, 0.25) is 0 Å². The maximum atomic E-state index is 10.2. The summed E-state index contributed by atoms with van der Waals surface area (Å²) in [5.74, 6) is 0.543. The van der Waals surface area contributed by atoms with Crippen molar-refractivity contribution in [3.8, 4) is 0 Å². The summed E-state index contributed by atoms with van der Waals surface area (Å²) >= 11 is 0. The molecule has 0 saturated heterocycles. The molecule has 1 saturated carbocycles. The molecule has 0 amide bonds.